The van der Waals surface area contributed by atoms with E-state index in [9.17, 15) is 4.79 Å². The number of hydrogen-bond donors (Lipinski definition) is 0. The van der Waals surface area contributed by atoms with Gasteiger partial charge in [0.1, 0.15) is 0 Å². The summed E-state index contributed by atoms with van der Waals surface area (Å²) in [6, 6.07) is 13.5. The van der Waals surface area contributed by atoms with Gasteiger partial charge in [-0.2, -0.15) is 0 Å². The van der Waals surface area contributed by atoms with Crippen molar-refractivity contribution in [2.75, 3.05) is 5.75 Å². The van der Waals surface area contributed by atoms with Crippen LogP contribution in [0.4, 0.5) is 0 Å². The first kappa shape index (κ1) is 15.5. The van der Waals surface area contributed by atoms with Gasteiger partial charge in [0.2, 0.25) is 0 Å². The largest absolute Gasteiger partial charge is 0.293 e. The fourth-order valence-corrected chi connectivity index (χ4v) is 4.19. The Bertz CT molecular complexity index is 811. The second kappa shape index (κ2) is 6.82. The van der Waals surface area contributed by atoms with Crippen molar-refractivity contribution in [3.63, 3.8) is 0 Å². The van der Waals surface area contributed by atoms with E-state index in [-0.39, 0.29) is 5.78 Å². The van der Waals surface area contributed by atoms with Crippen LogP contribution < -0.4 is 0 Å². The molecule has 0 spiro atoms. The van der Waals surface area contributed by atoms with E-state index in [0.29, 0.717) is 10.8 Å². The summed E-state index contributed by atoms with van der Waals surface area (Å²) in [4.78, 5) is 16.7. The van der Waals surface area contributed by atoms with Crippen molar-refractivity contribution in [3.8, 4) is 0 Å². The third kappa shape index (κ3) is 3.51. The number of benzene rings is 2. The monoisotopic (exact) mass is 347 g/mol. The van der Waals surface area contributed by atoms with Crippen molar-refractivity contribution < 1.29 is 4.79 Å². The van der Waals surface area contributed by atoms with Gasteiger partial charge in [-0.15, -0.1) is 11.3 Å². The molecule has 3 aromatic rings. The van der Waals surface area contributed by atoms with Crippen LogP contribution in [-0.2, 0) is 6.42 Å². The molecule has 2 aromatic carbocycles. The first-order valence-corrected chi connectivity index (χ1v) is 9.15. The van der Waals surface area contributed by atoms with E-state index < -0.39 is 0 Å². The molecule has 0 aliphatic carbocycles. The summed E-state index contributed by atoms with van der Waals surface area (Å²) in [7, 11) is 0. The van der Waals surface area contributed by atoms with Crippen LogP contribution >= 0.6 is 34.7 Å². The molecule has 0 radical (unpaired) electrons. The fraction of sp³-hybridized carbons (Fsp3) is 0.176. The molecule has 0 unspecified atom stereocenters. The van der Waals surface area contributed by atoms with Gasteiger partial charge < -0.3 is 0 Å². The minimum Gasteiger partial charge on any atom is -0.293 e. The Balaban J connectivity index is 1.68. The molecule has 112 valence electrons. The summed E-state index contributed by atoms with van der Waals surface area (Å²) in [6.45, 7) is 2.10. The molecule has 0 atom stereocenters. The van der Waals surface area contributed by atoms with Crippen LogP contribution in [-0.4, -0.2) is 16.5 Å². The summed E-state index contributed by atoms with van der Waals surface area (Å²) in [5, 5.41) is 0.682. The number of carbonyl (C=O) groups excluding carboxylic acids is 1. The minimum atomic E-state index is 0.130. The molecule has 0 aliphatic heterocycles. The first-order valence-electron chi connectivity index (χ1n) is 6.96. The number of ketones is 1. The van der Waals surface area contributed by atoms with E-state index in [4.69, 9.17) is 11.6 Å². The molecule has 1 aromatic heterocycles. The first-order chi connectivity index (χ1) is 10.7. The zero-order valence-corrected chi connectivity index (χ0v) is 14.4. The van der Waals surface area contributed by atoms with Gasteiger partial charge in [-0.05, 0) is 30.2 Å². The predicted molar refractivity (Wildman–Crippen MR) is 95.5 cm³/mol. The molecule has 0 aliphatic rings. The van der Waals surface area contributed by atoms with Gasteiger partial charge >= 0.3 is 0 Å². The van der Waals surface area contributed by atoms with Gasteiger partial charge in [0.15, 0.2) is 10.1 Å². The van der Waals surface area contributed by atoms with Crippen LogP contribution in [0, 0.1) is 0 Å². The molecule has 0 N–H and O–H groups in total. The van der Waals surface area contributed by atoms with Crippen LogP contribution in [0.25, 0.3) is 10.2 Å². The Labute approximate surface area is 142 Å². The standard InChI is InChI=1S/C17H14ClNOS2/c1-2-11-3-5-12(6-4-11)15(20)10-21-17-19-14-9-13(18)7-8-16(14)22-17/h3-9H,2,10H2,1H3. The maximum atomic E-state index is 12.2. The smallest absolute Gasteiger partial charge is 0.173 e. The maximum absolute atomic E-state index is 12.2. The molecule has 22 heavy (non-hydrogen) atoms. The van der Waals surface area contributed by atoms with Crippen molar-refractivity contribution in [2.45, 2.75) is 17.7 Å². The zero-order chi connectivity index (χ0) is 15.5. The molecular weight excluding hydrogens is 334 g/mol. The normalized spacial score (nSPS) is 11.0. The summed E-state index contributed by atoms with van der Waals surface area (Å²) in [6.07, 6.45) is 0.984. The highest BCUT2D eigenvalue weighted by molar-refractivity contribution is 8.01. The predicted octanol–water partition coefficient (Wildman–Crippen LogP) is 5.49. The highest BCUT2D eigenvalue weighted by Crippen LogP contribution is 2.31. The van der Waals surface area contributed by atoms with Crippen LogP contribution in [0.1, 0.15) is 22.8 Å². The average Bonchev–Trinajstić information content (AvgIpc) is 2.94. The average molecular weight is 348 g/mol. The highest BCUT2D eigenvalue weighted by atomic mass is 35.5. The van der Waals surface area contributed by atoms with Crippen molar-refractivity contribution in [1.29, 1.82) is 0 Å². The number of fused-ring (bicyclic) bond motifs is 1. The Morgan fingerprint density at radius 3 is 2.73 bits per heavy atom. The fourth-order valence-electron chi connectivity index (χ4n) is 2.08. The Hall–Kier alpha value is -1.36. The molecule has 2 nitrogen and oxygen atoms in total. The molecule has 1 heterocycles. The summed E-state index contributed by atoms with van der Waals surface area (Å²) in [5.41, 5.74) is 2.89. The molecule has 0 fully saturated rings. The molecule has 0 amide bonds. The van der Waals surface area contributed by atoms with E-state index >= 15 is 0 Å². The van der Waals surface area contributed by atoms with Gasteiger partial charge in [0.25, 0.3) is 0 Å². The van der Waals surface area contributed by atoms with E-state index in [1.807, 2.05) is 42.5 Å². The molecule has 0 saturated heterocycles. The number of carbonyl (C=O) groups is 1. The topological polar surface area (TPSA) is 30.0 Å². The second-order valence-corrected chi connectivity index (χ2v) is 7.54. The van der Waals surface area contributed by atoms with Crippen molar-refractivity contribution in [3.05, 3.63) is 58.6 Å². The second-order valence-electron chi connectivity index (χ2n) is 4.85. The zero-order valence-electron chi connectivity index (χ0n) is 12.0. The van der Waals surface area contributed by atoms with Gasteiger partial charge in [0, 0.05) is 10.6 Å². The lowest BCUT2D eigenvalue weighted by molar-refractivity contribution is 0.102. The van der Waals surface area contributed by atoms with Gasteiger partial charge in [0.05, 0.1) is 16.0 Å². The summed E-state index contributed by atoms with van der Waals surface area (Å²) < 4.78 is 1.99. The quantitative estimate of drug-likeness (QED) is 0.451. The molecular formula is C17H14ClNOS2. The Kier molecular flexibility index (Phi) is 4.81. The van der Waals surface area contributed by atoms with Crippen molar-refractivity contribution in [2.24, 2.45) is 0 Å². The minimum absolute atomic E-state index is 0.130. The van der Waals surface area contributed by atoms with Crippen LogP contribution in [0.2, 0.25) is 5.02 Å². The highest BCUT2D eigenvalue weighted by Gasteiger charge is 2.10. The van der Waals surface area contributed by atoms with E-state index in [1.54, 1.807) is 11.3 Å². The number of thiazole rings is 1. The van der Waals surface area contributed by atoms with Gasteiger partial charge in [-0.25, -0.2) is 4.98 Å². The summed E-state index contributed by atoms with van der Waals surface area (Å²) in [5.74, 6) is 0.531. The van der Waals surface area contributed by atoms with E-state index in [1.165, 1.54) is 17.3 Å². The van der Waals surface area contributed by atoms with Crippen LogP contribution in [0.5, 0.6) is 0 Å². The van der Waals surface area contributed by atoms with Crippen LogP contribution in [0.15, 0.2) is 46.8 Å². The van der Waals surface area contributed by atoms with E-state index in [2.05, 4.69) is 11.9 Å². The number of rotatable bonds is 5. The van der Waals surface area contributed by atoms with Crippen molar-refractivity contribution in [1.82, 2.24) is 4.98 Å². The number of thioether (sulfide) groups is 1. The maximum Gasteiger partial charge on any atom is 0.173 e. The summed E-state index contributed by atoms with van der Waals surface area (Å²) >= 11 is 9.03. The number of nitrogens with zero attached hydrogens (tertiary/aromatic N) is 1. The van der Waals surface area contributed by atoms with Gasteiger partial charge in [-0.3, -0.25) is 4.79 Å². The molecule has 3 rings (SSSR count). The Morgan fingerprint density at radius 2 is 2.00 bits per heavy atom. The lowest BCUT2D eigenvalue weighted by atomic mass is 10.1. The Morgan fingerprint density at radius 1 is 1.23 bits per heavy atom. The SMILES string of the molecule is CCc1ccc(C(=O)CSc2nc3cc(Cl)ccc3s2)cc1. The number of hydrogen-bond acceptors (Lipinski definition) is 4. The lowest BCUT2D eigenvalue weighted by Crippen LogP contribution is -2.02. The van der Waals surface area contributed by atoms with Gasteiger partial charge in [-0.1, -0.05) is 54.6 Å². The molecule has 0 bridgehead atoms. The molecule has 0 saturated carbocycles. The van der Waals surface area contributed by atoms with Crippen LogP contribution in [0.3, 0.4) is 0 Å². The van der Waals surface area contributed by atoms with E-state index in [0.717, 1.165) is 26.5 Å². The lowest BCUT2D eigenvalue weighted by Gasteiger charge is -2.01. The number of aryl methyl sites for hydroxylation is 1. The third-order valence-electron chi connectivity index (χ3n) is 3.34. The van der Waals surface area contributed by atoms with Crippen molar-refractivity contribution >= 4 is 50.7 Å². The molecule has 5 heteroatoms. The number of halogens is 1. The number of aromatic nitrogens is 1. The number of Topliss-reactive ketones (excluding diaryl/α,β-unsaturated/α-hetero) is 1. The third-order valence-corrected chi connectivity index (χ3v) is 5.76.